The minimum Gasteiger partial charge on any atom is -0.489 e. The molecule has 0 amide bonds. The monoisotopic (exact) mass is 644 g/mol. The molecule has 0 fully saturated rings. The lowest BCUT2D eigenvalue weighted by atomic mass is 9.96. The fraction of sp³-hybridized carbons (Fsp3) is 0.0889. The summed E-state index contributed by atoms with van der Waals surface area (Å²) in [6, 6.07) is 49.5. The minimum atomic E-state index is -0.201. The van der Waals surface area contributed by atoms with Crippen LogP contribution in [0.2, 0.25) is 0 Å². The third-order valence-corrected chi connectivity index (χ3v) is 10.1. The maximum absolute atomic E-state index is 6.09. The number of pyridine rings is 2. The van der Waals surface area contributed by atoms with Gasteiger partial charge in [-0.2, -0.15) is 0 Å². The minimum absolute atomic E-state index is 0.201. The van der Waals surface area contributed by atoms with Crippen molar-refractivity contribution >= 4 is 43.6 Å². The number of para-hydroxylation sites is 1. The molecular weight excluding hydrogens is 613 g/mol. The molecular formula is C45H32N4O. The zero-order chi connectivity index (χ0) is 33.4. The molecule has 0 saturated heterocycles. The molecule has 3 aromatic heterocycles. The third kappa shape index (κ3) is 4.58. The summed E-state index contributed by atoms with van der Waals surface area (Å²) < 4.78 is 8.44. The van der Waals surface area contributed by atoms with Crippen LogP contribution in [0.25, 0.3) is 88.5 Å². The van der Waals surface area contributed by atoms with Gasteiger partial charge in [-0.05, 0) is 83.3 Å². The molecule has 0 radical (unpaired) electrons. The zero-order valence-electron chi connectivity index (χ0n) is 27.8. The maximum Gasteiger partial charge on any atom is 0.145 e. The van der Waals surface area contributed by atoms with E-state index < -0.39 is 0 Å². The van der Waals surface area contributed by atoms with Gasteiger partial charge in [0.05, 0.1) is 27.8 Å². The number of benzene rings is 6. The van der Waals surface area contributed by atoms with Crippen molar-refractivity contribution in [2.24, 2.45) is 0 Å². The molecule has 0 spiro atoms. The second-order valence-corrected chi connectivity index (χ2v) is 13.8. The van der Waals surface area contributed by atoms with Crippen LogP contribution in [-0.4, -0.2) is 26.1 Å². The van der Waals surface area contributed by atoms with Crippen molar-refractivity contribution in [3.05, 3.63) is 146 Å². The van der Waals surface area contributed by atoms with Crippen LogP contribution in [0.3, 0.4) is 0 Å². The van der Waals surface area contributed by atoms with Crippen molar-refractivity contribution < 1.29 is 4.74 Å². The number of fused-ring (bicyclic) bond motifs is 4. The summed E-state index contributed by atoms with van der Waals surface area (Å²) >= 11 is 0. The van der Waals surface area contributed by atoms with E-state index >= 15 is 0 Å². The van der Waals surface area contributed by atoms with E-state index in [-0.39, 0.29) is 5.54 Å². The molecule has 10 rings (SSSR count). The van der Waals surface area contributed by atoms with Gasteiger partial charge in [-0.1, -0.05) is 103 Å². The van der Waals surface area contributed by atoms with Gasteiger partial charge in [0.2, 0.25) is 0 Å². The topological polar surface area (TPSA) is 52.8 Å². The summed E-state index contributed by atoms with van der Waals surface area (Å²) in [5.74, 6) is 1.88. The highest BCUT2D eigenvalue weighted by atomic mass is 16.5. The van der Waals surface area contributed by atoms with Crippen LogP contribution in [0, 0.1) is 0 Å². The predicted molar refractivity (Wildman–Crippen MR) is 204 cm³/mol. The maximum atomic E-state index is 6.09. The summed E-state index contributed by atoms with van der Waals surface area (Å²) in [4.78, 5) is 14.7. The first kappa shape index (κ1) is 28.7. The molecule has 50 heavy (non-hydrogen) atoms. The van der Waals surface area contributed by atoms with Gasteiger partial charge in [0.1, 0.15) is 23.7 Å². The summed E-state index contributed by atoms with van der Waals surface area (Å²) in [7, 11) is 0. The van der Waals surface area contributed by atoms with Gasteiger partial charge in [-0.25, -0.2) is 9.97 Å². The van der Waals surface area contributed by atoms with E-state index in [1.165, 1.54) is 33.0 Å². The van der Waals surface area contributed by atoms with E-state index in [4.69, 9.17) is 14.7 Å². The molecule has 1 aliphatic heterocycles. The Labute approximate surface area is 289 Å². The van der Waals surface area contributed by atoms with Crippen molar-refractivity contribution in [1.82, 2.24) is 19.5 Å². The van der Waals surface area contributed by atoms with Crippen LogP contribution in [0.15, 0.2) is 146 Å². The van der Waals surface area contributed by atoms with Crippen LogP contribution < -0.4 is 4.74 Å². The average Bonchev–Trinajstić information content (AvgIpc) is 3.58. The standard InChI is InChI=1S/C45H32N4O/c1-45(2)27-50-40-7-3-6-39-43(40)49(45)44(48-39)34-18-10-29(11-19-34)36-21-13-30-12-20-35(25-37(30)26-36)28-8-14-31(15-9-28)38-23-22-33-17-16-32-5-4-24-46-41(32)42(33)47-38/h3-26H,27H2,1-2H3. The highest BCUT2D eigenvalue weighted by Gasteiger charge is 2.33. The lowest BCUT2D eigenvalue weighted by Crippen LogP contribution is -2.36. The largest absolute Gasteiger partial charge is 0.489 e. The van der Waals surface area contributed by atoms with Gasteiger partial charge >= 0.3 is 0 Å². The van der Waals surface area contributed by atoms with Gasteiger partial charge in [-0.3, -0.25) is 4.98 Å². The van der Waals surface area contributed by atoms with Crippen molar-refractivity contribution in [3.63, 3.8) is 0 Å². The second kappa shape index (κ2) is 10.8. The molecule has 1 aliphatic rings. The molecule has 0 saturated carbocycles. The predicted octanol–water partition coefficient (Wildman–Crippen LogP) is 11.1. The second-order valence-electron chi connectivity index (χ2n) is 13.8. The molecule has 0 aliphatic carbocycles. The Kier molecular flexibility index (Phi) is 6.21. The van der Waals surface area contributed by atoms with Crippen molar-refractivity contribution in [3.8, 4) is 50.6 Å². The fourth-order valence-corrected chi connectivity index (χ4v) is 7.45. The lowest BCUT2D eigenvalue weighted by Gasteiger charge is -2.33. The van der Waals surface area contributed by atoms with E-state index in [2.05, 4.69) is 145 Å². The van der Waals surface area contributed by atoms with Gasteiger partial charge in [0.25, 0.3) is 0 Å². The average molecular weight is 645 g/mol. The summed E-state index contributed by atoms with van der Waals surface area (Å²) in [5, 5.41) is 4.62. The Hall–Kier alpha value is -6.33. The molecule has 238 valence electrons. The Balaban J connectivity index is 0.955. The van der Waals surface area contributed by atoms with E-state index in [1.807, 2.05) is 24.4 Å². The van der Waals surface area contributed by atoms with Gasteiger partial charge in [0.15, 0.2) is 0 Å². The van der Waals surface area contributed by atoms with Gasteiger partial charge in [-0.15, -0.1) is 0 Å². The van der Waals surface area contributed by atoms with Crippen molar-refractivity contribution in [2.45, 2.75) is 19.4 Å². The first-order valence-electron chi connectivity index (χ1n) is 17.0. The van der Waals surface area contributed by atoms with Gasteiger partial charge < -0.3 is 9.30 Å². The number of hydrogen-bond donors (Lipinski definition) is 0. The Bertz CT molecular complexity index is 2780. The Morgan fingerprint density at radius 2 is 1.16 bits per heavy atom. The van der Waals surface area contributed by atoms with E-state index in [0.29, 0.717) is 6.61 Å². The molecule has 0 unspecified atom stereocenters. The lowest BCUT2D eigenvalue weighted by molar-refractivity contribution is 0.173. The quantitative estimate of drug-likeness (QED) is 0.179. The number of ether oxygens (including phenoxy) is 1. The summed E-state index contributed by atoms with van der Waals surface area (Å²) in [5.41, 5.74) is 11.5. The number of nitrogens with zero attached hydrogens (tertiary/aromatic N) is 4. The van der Waals surface area contributed by atoms with Crippen molar-refractivity contribution in [2.75, 3.05) is 6.61 Å². The highest BCUT2D eigenvalue weighted by molar-refractivity contribution is 6.03. The molecule has 0 atom stereocenters. The van der Waals surface area contributed by atoms with Crippen molar-refractivity contribution in [1.29, 1.82) is 0 Å². The molecule has 5 nitrogen and oxygen atoms in total. The van der Waals surface area contributed by atoms with Gasteiger partial charge in [0, 0.05) is 28.1 Å². The van der Waals surface area contributed by atoms with Crippen LogP contribution >= 0.6 is 0 Å². The number of aromatic nitrogens is 4. The molecule has 0 bridgehead atoms. The molecule has 0 N–H and O–H groups in total. The molecule has 6 aromatic carbocycles. The number of imidazole rings is 1. The van der Waals surface area contributed by atoms with Crippen LogP contribution in [0.1, 0.15) is 13.8 Å². The highest BCUT2D eigenvalue weighted by Crippen LogP contribution is 2.40. The Morgan fingerprint density at radius 3 is 1.90 bits per heavy atom. The smallest absolute Gasteiger partial charge is 0.145 e. The molecule has 4 heterocycles. The van der Waals surface area contributed by atoms with Crippen LogP contribution in [0.5, 0.6) is 5.75 Å². The number of rotatable bonds is 4. The zero-order valence-corrected chi connectivity index (χ0v) is 27.8. The Morgan fingerprint density at radius 1 is 0.540 bits per heavy atom. The number of hydrogen-bond acceptors (Lipinski definition) is 4. The van der Waals surface area contributed by atoms with E-state index in [1.54, 1.807) is 0 Å². The third-order valence-electron chi connectivity index (χ3n) is 10.1. The summed E-state index contributed by atoms with van der Waals surface area (Å²) in [6.45, 7) is 5.03. The molecule has 5 heteroatoms. The van der Waals surface area contributed by atoms with Crippen LogP contribution in [-0.2, 0) is 5.54 Å². The first-order chi connectivity index (χ1) is 24.5. The first-order valence-corrected chi connectivity index (χ1v) is 17.0. The van der Waals surface area contributed by atoms with Crippen LogP contribution in [0.4, 0.5) is 0 Å². The van der Waals surface area contributed by atoms with E-state index in [0.717, 1.165) is 61.2 Å². The summed E-state index contributed by atoms with van der Waals surface area (Å²) in [6.07, 6.45) is 1.83. The normalized spacial score (nSPS) is 13.6. The SMILES string of the molecule is CC1(C)COc2cccc3nc(-c4ccc(-c5ccc6ccc(-c7ccc(-c8ccc9ccc%10cccnc%10c9n8)cc7)cc6c5)cc4)n1c23. The van der Waals surface area contributed by atoms with E-state index in [9.17, 15) is 0 Å². The molecule has 9 aromatic rings. The fourth-order valence-electron chi connectivity index (χ4n) is 7.45.